The number of oxime groups is 1. The quantitative estimate of drug-likeness (QED) is 0.381. The number of para-hydroxylation sites is 1. The zero-order chi connectivity index (χ0) is 23.4. The van der Waals surface area contributed by atoms with Gasteiger partial charge in [0.25, 0.3) is 5.56 Å². The predicted molar refractivity (Wildman–Crippen MR) is 126 cm³/mol. The number of nitrogens with zero attached hydrogens (tertiary/aromatic N) is 2. The van der Waals surface area contributed by atoms with Crippen LogP contribution in [0.1, 0.15) is 24.0 Å². The molecule has 9 heteroatoms. The van der Waals surface area contributed by atoms with E-state index in [1.165, 1.54) is 29.0 Å². The van der Waals surface area contributed by atoms with Gasteiger partial charge in [0.05, 0.1) is 15.7 Å². The molecule has 1 saturated heterocycles. The minimum absolute atomic E-state index is 0.0390. The molecule has 2 aromatic carbocycles. The molecular weight excluding hydrogens is 471 g/mol. The second kappa shape index (κ2) is 10.5. The molecule has 0 atom stereocenters. The summed E-state index contributed by atoms with van der Waals surface area (Å²) in [5.41, 5.74) is 0.447. The highest BCUT2D eigenvalue weighted by Crippen LogP contribution is 2.28. The fraction of sp³-hybridized carbons (Fsp3) is 0.250. The molecule has 0 saturated carbocycles. The maximum Gasteiger partial charge on any atom is 0.255 e. The molecule has 1 aromatic heterocycles. The molecule has 33 heavy (non-hydrogen) atoms. The normalized spacial score (nSPS) is 15.0. The second-order valence-electron chi connectivity index (χ2n) is 7.75. The van der Waals surface area contributed by atoms with Crippen molar-refractivity contribution >= 4 is 28.9 Å². The number of pyridine rings is 1. The molecular formula is C24H21Cl2F2N3O2. The first-order valence-electron chi connectivity index (χ1n) is 10.5. The van der Waals surface area contributed by atoms with Crippen molar-refractivity contribution in [2.45, 2.75) is 12.8 Å². The van der Waals surface area contributed by atoms with E-state index < -0.39 is 11.6 Å². The number of aromatic nitrogens is 1. The Kier molecular flexibility index (Phi) is 7.42. The summed E-state index contributed by atoms with van der Waals surface area (Å²) in [6.07, 6.45) is 3.36. The van der Waals surface area contributed by atoms with Gasteiger partial charge in [-0.3, -0.25) is 9.36 Å². The van der Waals surface area contributed by atoms with Crippen LogP contribution in [0.2, 0.25) is 10.0 Å². The van der Waals surface area contributed by atoms with Crippen LogP contribution in [0, 0.1) is 17.6 Å². The van der Waals surface area contributed by atoms with Gasteiger partial charge in [-0.1, -0.05) is 34.4 Å². The highest BCUT2D eigenvalue weighted by atomic mass is 35.5. The summed E-state index contributed by atoms with van der Waals surface area (Å²) >= 11 is 12.6. The minimum Gasteiger partial charge on any atom is -0.395 e. The topological polar surface area (TPSA) is 55.6 Å². The van der Waals surface area contributed by atoms with Crippen LogP contribution < -0.4 is 10.9 Å². The van der Waals surface area contributed by atoms with E-state index in [2.05, 4.69) is 10.5 Å². The first kappa shape index (κ1) is 23.4. The van der Waals surface area contributed by atoms with Crippen molar-refractivity contribution in [1.29, 1.82) is 0 Å². The lowest BCUT2D eigenvalue weighted by Gasteiger charge is -2.21. The lowest BCUT2D eigenvalue weighted by molar-refractivity contribution is 0.0946. The van der Waals surface area contributed by atoms with Gasteiger partial charge in [-0.15, -0.1) is 0 Å². The Morgan fingerprint density at radius 3 is 2.52 bits per heavy atom. The number of hydrogen-bond donors (Lipinski definition) is 1. The van der Waals surface area contributed by atoms with Crippen LogP contribution in [0.15, 0.2) is 64.7 Å². The molecule has 0 spiro atoms. The van der Waals surface area contributed by atoms with Crippen LogP contribution >= 0.6 is 23.2 Å². The molecule has 0 aliphatic carbocycles. The smallest absolute Gasteiger partial charge is 0.255 e. The number of rotatable bonds is 6. The third kappa shape index (κ3) is 5.43. The van der Waals surface area contributed by atoms with Gasteiger partial charge in [0.2, 0.25) is 0 Å². The van der Waals surface area contributed by atoms with Crippen LogP contribution in [0.25, 0.3) is 5.69 Å². The monoisotopic (exact) mass is 491 g/mol. The Morgan fingerprint density at radius 1 is 1.09 bits per heavy atom. The molecule has 1 aliphatic rings. The van der Waals surface area contributed by atoms with Crippen molar-refractivity contribution in [3.8, 4) is 5.69 Å². The maximum absolute atomic E-state index is 14.7. The summed E-state index contributed by atoms with van der Waals surface area (Å²) in [6.45, 7) is 2.17. The Bertz CT molecular complexity index is 1220. The average Bonchev–Trinajstić information content (AvgIpc) is 2.79. The van der Waals surface area contributed by atoms with E-state index in [0.717, 1.165) is 38.1 Å². The lowest BCUT2D eigenvalue weighted by Crippen LogP contribution is -2.29. The average molecular weight is 492 g/mol. The van der Waals surface area contributed by atoms with Crippen molar-refractivity contribution in [2.24, 2.45) is 11.1 Å². The van der Waals surface area contributed by atoms with Crippen LogP contribution in [-0.4, -0.2) is 30.0 Å². The Hall–Kier alpha value is -2.74. The second-order valence-corrected chi connectivity index (χ2v) is 8.56. The summed E-state index contributed by atoms with van der Waals surface area (Å²) in [5, 5.41) is 8.04. The zero-order valence-corrected chi connectivity index (χ0v) is 19.0. The summed E-state index contributed by atoms with van der Waals surface area (Å²) in [5.74, 6) is -1.18. The summed E-state index contributed by atoms with van der Waals surface area (Å²) in [7, 11) is 0. The summed E-state index contributed by atoms with van der Waals surface area (Å²) < 4.78 is 29.5. The Labute approximate surface area is 199 Å². The summed E-state index contributed by atoms with van der Waals surface area (Å²) in [4.78, 5) is 18.2. The third-order valence-corrected chi connectivity index (χ3v) is 6.08. The van der Waals surface area contributed by atoms with E-state index in [0.29, 0.717) is 23.8 Å². The summed E-state index contributed by atoms with van der Waals surface area (Å²) in [6, 6.07) is 10.9. The first-order valence-corrected chi connectivity index (χ1v) is 11.2. The minimum atomic E-state index is -0.798. The molecule has 0 radical (unpaired) electrons. The van der Waals surface area contributed by atoms with Crippen LogP contribution in [-0.2, 0) is 4.84 Å². The van der Waals surface area contributed by atoms with Gasteiger partial charge in [0.1, 0.15) is 24.0 Å². The van der Waals surface area contributed by atoms with Crippen molar-refractivity contribution in [3.05, 3.63) is 97.9 Å². The van der Waals surface area contributed by atoms with Gasteiger partial charge in [0, 0.05) is 29.5 Å². The Morgan fingerprint density at radius 2 is 1.82 bits per heavy atom. The SMILES string of the molecule is O=c1ccc(C(=NOCC2CCNCC2)c2ccc(F)cc2F)cn1-c1c(Cl)cccc1Cl. The molecule has 1 fully saturated rings. The lowest BCUT2D eigenvalue weighted by atomic mass is 10.00. The number of benzene rings is 2. The Balaban J connectivity index is 1.77. The van der Waals surface area contributed by atoms with Gasteiger partial charge in [-0.25, -0.2) is 8.78 Å². The third-order valence-electron chi connectivity index (χ3n) is 5.47. The highest BCUT2D eigenvalue weighted by Gasteiger charge is 2.18. The van der Waals surface area contributed by atoms with Crippen LogP contribution in [0.3, 0.4) is 0 Å². The van der Waals surface area contributed by atoms with E-state index >= 15 is 0 Å². The van der Waals surface area contributed by atoms with E-state index in [1.54, 1.807) is 18.2 Å². The van der Waals surface area contributed by atoms with Gasteiger partial charge in [0.15, 0.2) is 0 Å². The van der Waals surface area contributed by atoms with Crippen molar-refractivity contribution in [3.63, 3.8) is 0 Å². The molecule has 0 amide bonds. The number of hydrogen-bond acceptors (Lipinski definition) is 4. The zero-order valence-electron chi connectivity index (χ0n) is 17.5. The molecule has 0 unspecified atom stereocenters. The van der Waals surface area contributed by atoms with Gasteiger partial charge in [-0.05, 0) is 62.2 Å². The fourth-order valence-corrected chi connectivity index (χ4v) is 4.30. The standard InChI is InChI=1S/C24H21Cl2F2N3O2/c25-19-2-1-3-20(26)24(19)31-13-16(4-7-22(31)32)23(18-6-5-17(27)12-21(18)28)30-33-14-15-8-10-29-11-9-15/h1-7,12-13,15,29H,8-11,14H2. The van der Waals surface area contributed by atoms with Crippen LogP contribution in [0.5, 0.6) is 0 Å². The first-order chi connectivity index (χ1) is 15.9. The highest BCUT2D eigenvalue weighted by molar-refractivity contribution is 6.37. The number of piperidine rings is 1. The predicted octanol–water partition coefficient (Wildman–Crippen LogP) is 5.19. The van der Waals surface area contributed by atoms with Gasteiger partial charge in [-0.2, -0.15) is 0 Å². The molecule has 1 N–H and O–H groups in total. The van der Waals surface area contributed by atoms with Crippen molar-refractivity contribution in [2.75, 3.05) is 19.7 Å². The molecule has 0 bridgehead atoms. The molecule has 1 aliphatic heterocycles. The molecule has 2 heterocycles. The van der Waals surface area contributed by atoms with Crippen molar-refractivity contribution in [1.82, 2.24) is 9.88 Å². The van der Waals surface area contributed by atoms with Crippen molar-refractivity contribution < 1.29 is 13.6 Å². The van der Waals surface area contributed by atoms with E-state index in [1.807, 2.05) is 0 Å². The number of halogens is 4. The molecule has 4 rings (SSSR count). The molecule has 172 valence electrons. The van der Waals surface area contributed by atoms with Gasteiger partial charge >= 0.3 is 0 Å². The largest absolute Gasteiger partial charge is 0.395 e. The van der Waals surface area contributed by atoms with E-state index in [4.69, 9.17) is 28.0 Å². The maximum atomic E-state index is 14.7. The van der Waals surface area contributed by atoms with Gasteiger partial charge < -0.3 is 10.2 Å². The molecule has 5 nitrogen and oxygen atoms in total. The molecule has 3 aromatic rings. The van der Waals surface area contributed by atoms with E-state index in [9.17, 15) is 13.6 Å². The van der Waals surface area contributed by atoms with Crippen LogP contribution in [0.4, 0.5) is 8.78 Å². The number of nitrogens with one attached hydrogen (secondary N) is 1. The van der Waals surface area contributed by atoms with E-state index in [-0.39, 0.29) is 26.9 Å². The fourth-order valence-electron chi connectivity index (χ4n) is 3.72.